The van der Waals surface area contributed by atoms with Gasteiger partial charge in [0, 0.05) is 17.6 Å². The maximum absolute atomic E-state index is 13.1. The number of para-hydroxylation sites is 1. The quantitative estimate of drug-likeness (QED) is 0.309. The van der Waals surface area contributed by atoms with E-state index in [4.69, 9.17) is 11.6 Å². The van der Waals surface area contributed by atoms with Crippen molar-refractivity contribution in [2.24, 2.45) is 0 Å². The minimum atomic E-state index is -5.00. The smallest absolute Gasteiger partial charge is 0.382 e. The topological polar surface area (TPSA) is 111 Å². The van der Waals surface area contributed by atoms with Crippen molar-refractivity contribution in [2.75, 3.05) is 13.6 Å². The van der Waals surface area contributed by atoms with Crippen molar-refractivity contribution >= 4 is 17.5 Å². The van der Waals surface area contributed by atoms with Gasteiger partial charge >= 0.3 is 18.0 Å². The molecule has 1 N–H and O–H groups in total. The Kier molecular flexibility index (Phi) is 8.26. The monoisotopic (exact) mass is 603 g/mol. The molecule has 17 heteroatoms. The van der Waals surface area contributed by atoms with E-state index < -0.39 is 49.7 Å². The summed E-state index contributed by atoms with van der Waals surface area (Å²) in [6.45, 7) is -3.04. The predicted molar refractivity (Wildman–Crippen MR) is 132 cm³/mol. The number of aliphatic hydroxyl groups excluding tert-OH is 1. The summed E-state index contributed by atoms with van der Waals surface area (Å²) in [5.74, 6) is -1.17. The van der Waals surface area contributed by atoms with Crippen LogP contribution in [0.15, 0.2) is 59.7 Å². The van der Waals surface area contributed by atoms with Gasteiger partial charge in [-0.15, -0.1) is 10.2 Å². The van der Waals surface area contributed by atoms with Gasteiger partial charge in [-0.2, -0.15) is 26.3 Å². The second-order valence-corrected chi connectivity index (χ2v) is 9.27. The van der Waals surface area contributed by atoms with Gasteiger partial charge in [-0.05, 0) is 36.4 Å². The molecule has 10 nitrogen and oxygen atoms in total. The highest BCUT2D eigenvalue weighted by atomic mass is 35.5. The first-order valence-electron chi connectivity index (χ1n) is 11.6. The lowest BCUT2D eigenvalue weighted by molar-refractivity contribution is -0.207. The summed E-state index contributed by atoms with van der Waals surface area (Å²) >= 11 is 5.88. The standard InChI is InChI=1S/C24H20ClF6N7O3/c1-35(12-23(26,27)28)21(40)16-4-2-3-5-17(16)38-13-32-19(33-38)11-37-22(41)36(10-18(39)24(29,30)31)20(34-37)14-6-8-15(25)9-7-14/h2-9,13,18,39H,10-12H2,1H3/t18-/m0/s1. The molecule has 0 saturated carbocycles. The predicted octanol–water partition coefficient (Wildman–Crippen LogP) is 3.55. The Bertz CT molecular complexity index is 1590. The number of nitrogens with zero attached hydrogens (tertiary/aromatic N) is 7. The van der Waals surface area contributed by atoms with E-state index >= 15 is 0 Å². The van der Waals surface area contributed by atoms with Gasteiger partial charge in [-0.25, -0.2) is 19.1 Å². The minimum absolute atomic E-state index is 0.0540. The molecule has 2 aromatic carbocycles. The van der Waals surface area contributed by atoms with Gasteiger partial charge in [0.05, 0.1) is 17.8 Å². The van der Waals surface area contributed by atoms with Crippen LogP contribution in [0.3, 0.4) is 0 Å². The summed E-state index contributed by atoms with van der Waals surface area (Å²) in [5.41, 5.74) is -0.769. The Balaban J connectivity index is 1.66. The molecule has 0 radical (unpaired) electrons. The molecule has 0 saturated heterocycles. The van der Waals surface area contributed by atoms with Crippen LogP contribution in [0.2, 0.25) is 5.02 Å². The van der Waals surface area contributed by atoms with Crippen LogP contribution in [0, 0.1) is 0 Å². The molecule has 0 aliphatic heterocycles. The van der Waals surface area contributed by atoms with Crippen molar-refractivity contribution in [3.05, 3.63) is 81.8 Å². The maximum Gasteiger partial charge on any atom is 0.416 e. The van der Waals surface area contributed by atoms with Crippen LogP contribution >= 0.6 is 11.6 Å². The lowest BCUT2D eigenvalue weighted by Crippen LogP contribution is -2.37. The molecule has 41 heavy (non-hydrogen) atoms. The SMILES string of the molecule is CN(CC(F)(F)F)C(=O)c1ccccc1-n1cnc(Cn2nc(-c3ccc(Cl)cc3)n(C[C@H](O)C(F)(F)F)c2=O)n1. The molecule has 0 aliphatic carbocycles. The third-order valence-electron chi connectivity index (χ3n) is 5.73. The second-order valence-electron chi connectivity index (χ2n) is 8.84. The number of halogens is 7. The molecule has 0 fully saturated rings. The molecule has 0 bridgehead atoms. The number of rotatable bonds is 8. The van der Waals surface area contributed by atoms with E-state index in [1.807, 2.05) is 0 Å². The van der Waals surface area contributed by atoms with E-state index in [2.05, 4.69) is 15.2 Å². The highest BCUT2D eigenvalue weighted by Gasteiger charge is 2.39. The number of amides is 1. The van der Waals surface area contributed by atoms with E-state index in [9.17, 15) is 41.0 Å². The van der Waals surface area contributed by atoms with Gasteiger partial charge in [0.2, 0.25) is 0 Å². The molecule has 4 aromatic rings. The minimum Gasteiger partial charge on any atom is -0.382 e. The van der Waals surface area contributed by atoms with Gasteiger partial charge in [0.15, 0.2) is 17.8 Å². The van der Waals surface area contributed by atoms with Crippen LogP contribution in [0.5, 0.6) is 0 Å². The fourth-order valence-corrected chi connectivity index (χ4v) is 3.94. The number of hydrogen-bond acceptors (Lipinski definition) is 6. The van der Waals surface area contributed by atoms with Crippen LogP contribution in [-0.2, 0) is 13.1 Å². The van der Waals surface area contributed by atoms with Gasteiger partial charge in [0.25, 0.3) is 5.91 Å². The molecular weight excluding hydrogens is 584 g/mol. The van der Waals surface area contributed by atoms with Crippen LogP contribution < -0.4 is 5.69 Å². The largest absolute Gasteiger partial charge is 0.416 e. The normalized spacial score (nSPS) is 12.9. The number of aliphatic hydroxyl groups is 1. The molecule has 2 aromatic heterocycles. The van der Waals surface area contributed by atoms with Crippen LogP contribution in [0.1, 0.15) is 16.2 Å². The van der Waals surface area contributed by atoms with E-state index in [0.29, 0.717) is 14.5 Å². The van der Waals surface area contributed by atoms with Crippen molar-refractivity contribution < 1.29 is 36.2 Å². The highest BCUT2D eigenvalue weighted by Crippen LogP contribution is 2.24. The number of alkyl halides is 6. The van der Waals surface area contributed by atoms with Crippen molar-refractivity contribution in [1.29, 1.82) is 0 Å². The van der Waals surface area contributed by atoms with Crippen LogP contribution in [-0.4, -0.2) is 77.1 Å². The first kappa shape index (κ1) is 29.8. The summed E-state index contributed by atoms with van der Waals surface area (Å²) in [7, 11) is 0.996. The van der Waals surface area contributed by atoms with E-state index in [-0.39, 0.29) is 28.5 Å². The highest BCUT2D eigenvalue weighted by molar-refractivity contribution is 6.30. The number of carbonyl (C=O) groups is 1. The summed E-state index contributed by atoms with van der Waals surface area (Å²) in [4.78, 5) is 30.3. The van der Waals surface area contributed by atoms with Gasteiger partial charge in [0.1, 0.15) is 19.4 Å². The Morgan fingerprint density at radius 2 is 1.71 bits per heavy atom. The lowest BCUT2D eigenvalue weighted by Gasteiger charge is -2.20. The fourth-order valence-electron chi connectivity index (χ4n) is 3.82. The number of aromatic nitrogens is 6. The molecule has 0 spiro atoms. The van der Waals surface area contributed by atoms with Gasteiger partial charge in [-0.1, -0.05) is 23.7 Å². The fraction of sp³-hybridized carbons (Fsp3) is 0.292. The molecule has 218 valence electrons. The van der Waals surface area contributed by atoms with Gasteiger partial charge in [-0.3, -0.25) is 9.36 Å². The first-order chi connectivity index (χ1) is 19.1. The van der Waals surface area contributed by atoms with Crippen LogP contribution in [0.25, 0.3) is 17.1 Å². The zero-order valence-electron chi connectivity index (χ0n) is 20.9. The zero-order chi connectivity index (χ0) is 30.1. The third-order valence-corrected chi connectivity index (χ3v) is 5.99. The maximum atomic E-state index is 13.1. The number of benzene rings is 2. The Labute approximate surface area is 232 Å². The number of carbonyl (C=O) groups excluding carboxylic acids is 1. The van der Waals surface area contributed by atoms with Crippen molar-refractivity contribution in [3.8, 4) is 17.1 Å². The molecule has 1 atom stereocenters. The molecular formula is C24H20ClF6N7O3. The summed E-state index contributed by atoms with van der Waals surface area (Å²) in [5, 5.41) is 18.2. The molecule has 1 amide bonds. The van der Waals surface area contributed by atoms with Crippen LogP contribution in [0.4, 0.5) is 26.3 Å². The average Bonchev–Trinajstić information content (AvgIpc) is 3.47. The third kappa shape index (κ3) is 6.94. The molecule has 4 rings (SSSR count). The lowest BCUT2D eigenvalue weighted by atomic mass is 10.1. The van der Waals surface area contributed by atoms with Gasteiger partial charge < -0.3 is 10.0 Å². The zero-order valence-corrected chi connectivity index (χ0v) is 21.7. The first-order valence-corrected chi connectivity index (χ1v) is 12.0. The molecule has 2 heterocycles. The van der Waals surface area contributed by atoms with E-state index in [0.717, 1.165) is 22.7 Å². The number of hydrogen-bond donors (Lipinski definition) is 1. The molecule has 0 unspecified atom stereocenters. The molecule has 0 aliphatic rings. The summed E-state index contributed by atoms with van der Waals surface area (Å²) in [6, 6.07) is 11.5. The van der Waals surface area contributed by atoms with Crippen molar-refractivity contribution in [3.63, 3.8) is 0 Å². The summed E-state index contributed by atoms with van der Waals surface area (Å²) < 4.78 is 80.2. The average molecular weight is 604 g/mol. The van der Waals surface area contributed by atoms with Crippen molar-refractivity contribution in [2.45, 2.75) is 31.5 Å². The van der Waals surface area contributed by atoms with E-state index in [1.165, 1.54) is 48.5 Å². The summed E-state index contributed by atoms with van der Waals surface area (Å²) in [6.07, 6.45) is -11.3. The van der Waals surface area contributed by atoms with E-state index in [1.54, 1.807) is 0 Å². The Hall–Kier alpha value is -4.18. The Morgan fingerprint density at radius 1 is 1.05 bits per heavy atom. The Morgan fingerprint density at radius 3 is 2.34 bits per heavy atom. The second kappa shape index (κ2) is 11.4. The van der Waals surface area contributed by atoms with Crippen molar-refractivity contribution in [1.82, 2.24) is 34.0 Å².